The van der Waals surface area contributed by atoms with Crippen molar-refractivity contribution in [2.24, 2.45) is 65.1 Å². The van der Waals surface area contributed by atoms with Gasteiger partial charge in [0.2, 0.25) is 0 Å². The normalized spacial score (nSPS) is 49.9. The van der Waals surface area contributed by atoms with Gasteiger partial charge in [0, 0.05) is 33.5 Å². The minimum Gasteiger partial charge on any atom is -0.372 e. The van der Waals surface area contributed by atoms with Crippen LogP contribution in [0.5, 0.6) is 0 Å². The Kier molecular flexibility index (Phi) is 19.8. The highest BCUT2D eigenvalue weighted by molar-refractivity contribution is 5.81. The molecule has 5 heterocycles. The first-order chi connectivity index (χ1) is 27.3. The fourth-order valence-corrected chi connectivity index (χ4v) is 10.5. The second-order valence-electron chi connectivity index (χ2n) is 19.6. The fourth-order valence-electron chi connectivity index (χ4n) is 10.5. The second-order valence-corrected chi connectivity index (χ2v) is 19.6. The van der Waals surface area contributed by atoms with Crippen molar-refractivity contribution in [3.05, 3.63) is 0 Å². The third-order valence-electron chi connectivity index (χ3n) is 16.2. The Labute approximate surface area is 368 Å². The van der Waals surface area contributed by atoms with E-state index in [-0.39, 0.29) is 113 Å². The topological polar surface area (TPSA) is 117 Å². The number of ketones is 2. The van der Waals surface area contributed by atoms with Crippen LogP contribution in [-0.2, 0) is 52.2 Å². The summed E-state index contributed by atoms with van der Waals surface area (Å²) in [5, 5.41) is 0. The van der Waals surface area contributed by atoms with E-state index in [1.54, 1.807) is 13.8 Å². The molecule has 11 unspecified atom stereocenters. The number of hydrogen-bond donors (Lipinski definition) is 0. The molecule has 5 aliphatic heterocycles. The van der Waals surface area contributed by atoms with Gasteiger partial charge in [0.15, 0.2) is 36.7 Å². The number of Topliss-reactive ketones (excluding diaryl/α,β-unsaturated/α-hetero) is 2. The molecule has 3 radical (unpaired) electrons. The van der Waals surface area contributed by atoms with E-state index < -0.39 is 49.6 Å². The zero-order valence-electron chi connectivity index (χ0n) is 39.6. The van der Waals surface area contributed by atoms with Gasteiger partial charge in [-0.2, -0.15) is 0 Å². The Hall–Kier alpha value is -0.955. The van der Waals surface area contributed by atoms with Gasteiger partial charge < -0.3 is 42.6 Å². The lowest BCUT2D eigenvalue weighted by Gasteiger charge is -2.52. The van der Waals surface area contributed by atoms with Crippen molar-refractivity contribution in [2.75, 3.05) is 0 Å². The molecule has 0 saturated carbocycles. The molecule has 0 aliphatic carbocycles. The highest BCUT2D eigenvalue weighted by Crippen LogP contribution is 2.45. The summed E-state index contributed by atoms with van der Waals surface area (Å²) in [6.45, 7) is 35.6. The van der Waals surface area contributed by atoms with Gasteiger partial charge in [-0.3, -0.25) is 9.59 Å². The molecule has 0 spiro atoms. The average Bonchev–Trinajstić information content (AvgIpc) is 3.19. The van der Waals surface area contributed by atoms with E-state index in [1.807, 2.05) is 0 Å². The van der Waals surface area contributed by atoms with E-state index in [0.29, 0.717) is 24.2 Å². The summed E-state index contributed by atoms with van der Waals surface area (Å²) in [6.07, 6.45) is -2.84. The number of rotatable bonds is 13. The summed E-state index contributed by atoms with van der Waals surface area (Å²) in [7, 11) is 0. The Bertz CT molecular complexity index is 1350. The SMILES string of the molecule is C.CCC1O[C@H](O[C@@H]2C(C(C)=O)O[C@@H](O[C@@H]3C(CC)O[C@@H](O[C@H]4C(C(C)=O)O[C@@H](O[C@@H]5C(CC)OC(C)C(C)[C@H]5C)[C@@H](C)C4C)C(C)[C@H]3C)C(C)[C@H]2C)C(C)[C@@H](C)[C@@H]1C.[2HH].[B]. The Morgan fingerprint density at radius 3 is 1.08 bits per heavy atom. The molecular weight excluding hydrogens is 763 g/mol. The van der Waals surface area contributed by atoms with Gasteiger partial charge in [0.25, 0.3) is 0 Å². The molecule has 60 heavy (non-hydrogen) atoms. The van der Waals surface area contributed by atoms with Crippen LogP contribution in [0, 0.1) is 65.1 Å². The van der Waals surface area contributed by atoms with Crippen LogP contribution in [0.1, 0.15) is 146 Å². The van der Waals surface area contributed by atoms with Gasteiger partial charge in [-0.1, -0.05) is 104 Å². The van der Waals surface area contributed by atoms with E-state index in [1.165, 1.54) is 0 Å². The molecule has 0 aromatic carbocycles. The molecule has 5 aliphatic rings. The van der Waals surface area contributed by atoms with E-state index in [4.69, 9.17) is 42.6 Å². The largest absolute Gasteiger partial charge is 0.372 e. The minimum atomic E-state index is -0.800. The number of carbonyl (C=O) groups is 2. The first-order valence-corrected chi connectivity index (χ1v) is 23.2. The summed E-state index contributed by atoms with van der Waals surface area (Å²) in [6, 6.07) is 0. The highest BCUT2D eigenvalue weighted by Gasteiger charge is 2.53. The Morgan fingerprint density at radius 2 is 0.700 bits per heavy atom. The van der Waals surface area contributed by atoms with E-state index in [2.05, 4.69) is 104 Å². The third-order valence-corrected chi connectivity index (χ3v) is 16.2. The Balaban J connectivity index is 0.00000427. The molecule has 5 saturated heterocycles. The van der Waals surface area contributed by atoms with Crippen LogP contribution in [0.3, 0.4) is 0 Å². The lowest BCUT2D eigenvalue weighted by Crippen LogP contribution is -2.60. The number of carbonyl (C=O) groups excluding carboxylic acids is 2. The van der Waals surface area contributed by atoms with Crippen LogP contribution >= 0.6 is 0 Å². The first-order valence-electron chi connectivity index (χ1n) is 23.2. The van der Waals surface area contributed by atoms with Crippen molar-refractivity contribution in [1.82, 2.24) is 0 Å². The standard InChI is InChI=1S/C47H82O11.CH4.B.H2/c1-18-35-23(6)21(4)28(11)44(51-35)55-40-26(9)31(14)47(58-42(40)32(15)48)54-39-25(8)29(12)45(52-37(39)20-3)56-41-27(10)30(13)46(57-43(41)33(16)49)53-38-24(7)22(5)34(17)50-36(38)19-2;;;/h21-31,34-47H,18-20H2,1-17H3;1H4;;1H/t21-,22?,23-,24+,25+,26+,27?,28?,29?,30-,31?,34?,35?,36?,37?,38-,39-,40-,41+,42?,43?,44+,45-,46+,47+;;;/m0.../s1/i;;;1+1. The summed E-state index contributed by atoms with van der Waals surface area (Å²) < 4.78 is 60.2. The van der Waals surface area contributed by atoms with Crippen LogP contribution < -0.4 is 0 Å². The molecule has 349 valence electrons. The van der Waals surface area contributed by atoms with Gasteiger partial charge in [0.1, 0.15) is 12.2 Å². The van der Waals surface area contributed by atoms with Crippen LogP contribution in [0.2, 0.25) is 0 Å². The maximum Gasteiger partial charge on any atom is 0.162 e. The number of hydrogen-bond acceptors (Lipinski definition) is 11. The second kappa shape index (κ2) is 22.3. The molecule has 0 amide bonds. The van der Waals surface area contributed by atoms with E-state index >= 15 is 0 Å². The minimum absolute atomic E-state index is 0. The van der Waals surface area contributed by atoms with Gasteiger partial charge in [-0.25, -0.2) is 0 Å². The molecule has 0 N–H and O–H groups in total. The monoisotopic (exact) mass is 853 g/mol. The van der Waals surface area contributed by atoms with Gasteiger partial charge in [-0.05, 0) is 81.5 Å². The van der Waals surface area contributed by atoms with Crippen LogP contribution in [-0.4, -0.2) is 106 Å². The lowest BCUT2D eigenvalue weighted by atomic mass is 9.78. The smallest absolute Gasteiger partial charge is 0.162 e. The van der Waals surface area contributed by atoms with Gasteiger partial charge in [-0.15, -0.1) is 0 Å². The summed E-state index contributed by atoms with van der Waals surface area (Å²) in [4.78, 5) is 26.5. The maximum absolute atomic E-state index is 13.3. The zero-order chi connectivity index (χ0) is 43.1. The average molecular weight is 853 g/mol. The van der Waals surface area contributed by atoms with Crippen molar-refractivity contribution < 1.29 is 53.6 Å². The summed E-state index contributed by atoms with van der Waals surface area (Å²) in [5.41, 5.74) is 0. The molecule has 5 fully saturated rings. The maximum atomic E-state index is 13.3. The molecule has 0 bridgehead atoms. The molecule has 11 nitrogen and oxygen atoms in total. The van der Waals surface area contributed by atoms with Crippen molar-refractivity contribution in [1.29, 1.82) is 0 Å². The highest BCUT2D eigenvalue weighted by atomic mass is 16.7. The molecule has 5 rings (SSSR count). The summed E-state index contributed by atoms with van der Waals surface area (Å²) >= 11 is 0. The van der Waals surface area contributed by atoms with Crippen LogP contribution in [0.4, 0.5) is 0 Å². The van der Waals surface area contributed by atoms with Crippen molar-refractivity contribution in [3.8, 4) is 0 Å². The van der Waals surface area contributed by atoms with Crippen molar-refractivity contribution in [3.63, 3.8) is 0 Å². The zero-order valence-corrected chi connectivity index (χ0v) is 39.6. The first kappa shape index (κ1) is 53.4. The predicted molar refractivity (Wildman–Crippen MR) is 236 cm³/mol. The van der Waals surface area contributed by atoms with Crippen molar-refractivity contribution in [2.45, 2.75) is 231 Å². The number of ether oxygens (including phenoxy) is 9. The molecule has 0 aromatic rings. The summed E-state index contributed by atoms with van der Waals surface area (Å²) in [5.74, 6) is 1.19. The molecular formula is C48H88BO11. The van der Waals surface area contributed by atoms with Crippen LogP contribution in [0.25, 0.3) is 0 Å². The predicted octanol–water partition coefficient (Wildman–Crippen LogP) is 9.12. The van der Waals surface area contributed by atoms with E-state index in [9.17, 15) is 9.59 Å². The molecule has 25 atom stereocenters. The van der Waals surface area contributed by atoms with E-state index in [0.717, 1.165) is 12.8 Å². The Morgan fingerprint density at radius 1 is 0.400 bits per heavy atom. The molecule has 12 heteroatoms. The fraction of sp³-hybridized carbons (Fsp3) is 0.958. The quantitative estimate of drug-likeness (QED) is 0.165. The third kappa shape index (κ3) is 10.8. The molecule has 0 aromatic heterocycles. The van der Waals surface area contributed by atoms with Gasteiger partial charge in [0.05, 0.1) is 48.8 Å². The van der Waals surface area contributed by atoms with Crippen LogP contribution in [0.15, 0.2) is 0 Å². The lowest BCUT2D eigenvalue weighted by molar-refractivity contribution is -0.357. The van der Waals surface area contributed by atoms with Gasteiger partial charge >= 0.3 is 0 Å². The van der Waals surface area contributed by atoms with Crippen molar-refractivity contribution >= 4 is 20.0 Å².